The van der Waals surface area contributed by atoms with Crippen LogP contribution in [0.4, 0.5) is 0 Å². The van der Waals surface area contributed by atoms with E-state index in [1.165, 1.54) is 7.11 Å². The molecule has 13 heavy (non-hydrogen) atoms. The molecule has 0 aromatic carbocycles. The molecule has 0 aliphatic carbocycles. The molecule has 0 bridgehead atoms. The number of carbonyl (C=O) groups is 1. The standard InChI is InChI=1S/C8H12N2O3/c1-3-10-5-4-7(9-10)13-6-8(11)12-2/h4-5H,3,6H2,1-2H3. The summed E-state index contributed by atoms with van der Waals surface area (Å²) in [7, 11) is 1.32. The van der Waals surface area contributed by atoms with Gasteiger partial charge in [0, 0.05) is 18.8 Å². The van der Waals surface area contributed by atoms with E-state index < -0.39 is 5.97 Å². The van der Waals surface area contributed by atoms with Crippen molar-refractivity contribution in [2.24, 2.45) is 0 Å². The molecular weight excluding hydrogens is 172 g/mol. The Morgan fingerprint density at radius 2 is 2.46 bits per heavy atom. The molecule has 0 saturated heterocycles. The Balaban J connectivity index is 2.41. The van der Waals surface area contributed by atoms with E-state index in [-0.39, 0.29) is 6.61 Å². The monoisotopic (exact) mass is 184 g/mol. The van der Waals surface area contributed by atoms with Crippen LogP contribution in [0.5, 0.6) is 5.88 Å². The smallest absolute Gasteiger partial charge is 0.343 e. The summed E-state index contributed by atoms with van der Waals surface area (Å²) in [6.45, 7) is 2.65. The first kappa shape index (κ1) is 9.57. The topological polar surface area (TPSA) is 53.4 Å². The Morgan fingerprint density at radius 1 is 1.69 bits per heavy atom. The molecule has 0 atom stereocenters. The van der Waals surface area contributed by atoms with Crippen molar-refractivity contribution in [3.63, 3.8) is 0 Å². The average molecular weight is 184 g/mol. The van der Waals surface area contributed by atoms with Crippen molar-refractivity contribution in [3.8, 4) is 5.88 Å². The number of esters is 1. The summed E-state index contributed by atoms with van der Waals surface area (Å²) >= 11 is 0. The summed E-state index contributed by atoms with van der Waals surface area (Å²) in [5.74, 6) is 0.0262. The van der Waals surface area contributed by atoms with Gasteiger partial charge in [-0.1, -0.05) is 0 Å². The van der Waals surface area contributed by atoms with Crippen LogP contribution in [0.2, 0.25) is 0 Å². The Morgan fingerprint density at radius 3 is 3.00 bits per heavy atom. The fourth-order valence-corrected chi connectivity index (χ4v) is 0.788. The van der Waals surface area contributed by atoms with E-state index in [2.05, 4.69) is 9.84 Å². The highest BCUT2D eigenvalue weighted by Crippen LogP contribution is 2.04. The highest BCUT2D eigenvalue weighted by Gasteiger charge is 2.03. The number of methoxy groups -OCH3 is 1. The molecule has 0 aliphatic heterocycles. The number of hydrogen-bond donors (Lipinski definition) is 0. The van der Waals surface area contributed by atoms with Gasteiger partial charge in [-0.2, -0.15) is 0 Å². The van der Waals surface area contributed by atoms with Gasteiger partial charge in [0.1, 0.15) is 0 Å². The van der Waals surface area contributed by atoms with Gasteiger partial charge in [-0.05, 0) is 6.92 Å². The van der Waals surface area contributed by atoms with Gasteiger partial charge in [0.2, 0.25) is 5.88 Å². The molecule has 1 heterocycles. The summed E-state index contributed by atoms with van der Waals surface area (Å²) < 4.78 is 11.2. The van der Waals surface area contributed by atoms with Gasteiger partial charge in [-0.25, -0.2) is 4.79 Å². The van der Waals surface area contributed by atoms with Gasteiger partial charge < -0.3 is 9.47 Å². The molecule has 72 valence electrons. The lowest BCUT2D eigenvalue weighted by Crippen LogP contribution is -2.12. The molecule has 5 heteroatoms. The summed E-state index contributed by atoms with van der Waals surface area (Å²) in [5, 5.41) is 4.02. The molecule has 0 radical (unpaired) electrons. The summed E-state index contributed by atoms with van der Waals surface area (Å²) in [6, 6.07) is 1.70. The molecule has 5 nitrogen and oxygen atoms in total. The van der Waals surface area contributed by atoms with E-state index in [1.807, 2.05) is 6.92 Å². The van der Waals surface area contributed by atoms with E-state index in [0.29, 0.717) is 5.88 Å². The zero-order chi connectivity index (χ0) is 9.68. The van der Waals surface area contributed by atoms with E-state index in [4.69, 9.17) is 4.74 Å². The summed E-state index contributed by atoms with van der Waals surface area (Å²) in [4.78, 5) is 10.7. The number of ether oxygens (including phenoxy) is 2. The maximum absolute atomic E-state index is 10.7. The van der Waals surface area contributed by atoms with Crippen LogP contribution in [0.1, 0.15) is 6.92 Å². The van der Waals surface area contributed by atoms with Crippen molar-refractivity contribution >= 4 is 5.97 Å². The zero-order valence-corrected chi connectivity index (χ0v) is 7.69. The van der Waals surface area contributed by atoms with Gasteiger partial charge >= 0.3 is 5.97 Å². The lowest BCUT2D eigenvalue weighted by Gasteiger charge is -1.99. The second-order valence-electron chi connectivity index (χ2n) is 2.37. The van der Waals surface area contributed by atoms with Gasteiger partial charge in [0.05, 0.1) is 7.11 Å². The predicted octanol–water partition coefficient (Wildman–Crippen LogP) is 0.455. The molecule has 0 N–H and O–H groups in total. The number of carbonyl (C=O) groups excluding carboxylic acids is 1. The van der Waals surface area contributed by atoms with Crippen LogP contribution < -0.4 is 4.74 Å². The summed E-state index contributed by atoms with van der Waals surface area (Å²) in [6.07, 6.45) is 1.78. The molecule has 0 saturated carbocycles. The third-order valence-corrected chi connectivity index (χ3v) is 1.51. The number of nitrogens with zero attached hydrogens (tertiary/aromatic N) is 2. The largest absolute Gasteiger partial charge is 0.466 e. The molecule has 1 aromatic heterocycles. The van der Waals surface area contributed by atoms with Crippen molar-refractivity contribution in [1.29, 1.82) is 0 Å². The first-order valence-electron chi connectivity index (χ1n) is 3.99. The molecule has 0 spiro atoms. The van der Waals surface area contributed by atoms with Crippen LogP contribution >= 0.6 is 0 Å². The van der Waals surface area contributed by atoms with Gasteiger partial charge in [0.25, 0.3) is 0 Å². The van der Waals surface area contributed by atoms with Crippen LogP contribution in [0.15, 0.2) is 12.3 Å². The van der Waals surface area contributed by atoms with Crippen LogP contribution in [0.25, 0.3) is 0 Å². The fourth-order valence-electron chi connectivity index (χ4n) is 0.788. The van der Waals surface area contributed by atoms with E-state index in [1.54, 1.807) is 16.9 Å². The van der Waals surface area contributed by atoms with Gasteiger partial charge in [-0.15, -0.1) is 5.10 Å². The fraction of sp³-hybridized carbons (Fsp3) is 0.500. The van der Waals surface area contributed by atoms with Crippen LogP contribution in [0.3, 0.4) is 0 Å². The molecule has 0 amide bonds. The molecule has 0 fully saturated rings. The maximum Gasteiger partial charge on any atom is 0.343 e. The van der Waals surface area contributed by atoms with E-state index in [9.17, 15) is 4.79 Å². The number of aryl methyl sites for hydroxylation is 1. The number of rotatable bonds is 4. The van der Waals surface area contributed by atoms with Crippen LogP contribution in [0, 0.1) is 0 Å². The van der Waals surface area contributed by atoms with Gasteiger partial charge in [0.15, 0.2) is 6.61 Å². The minimum absolute atomic E-state index is 0.1000. The molecule has 0 aliphatic rings. The SMILES string of the molecule is CCn1ccc(OCC(=O)OC)n1. The molecule has 1 rings (SSSR count). The Hall–Kier alpha value is -1.52. The lowest BCUT2D eigenvalue weighted by molar-refractivity contribution is -0.143. The van der Waals surface area contributed by atoms with Crippen molar-refractivity contribution in [2.45, 2.75) is 13.5 Å². The van der Waals surface area contributed by atoms with Crippen molar-refractivity contribution in [3.05, 3.63) is 12.3 Å². The lowest BCUT2D eigenvalue weighted by atomic mass is 10.6. The first-order valence-corrected chi connectivity index (χ1v) is 3.99. The van der Waals surface area contributed by atoms with Crippen LogP contribution in [-0.2, 0) is 16.1 Å². The van der Waals surface area contributed by atoms with Gasteiger partial charge in [-0.3, -0.25) is 4.68 Å². The number of hydrogen-bond acceptors (Lipinski definition) is 4. The van der Waals surface area contributed by atoms with E-state index in [0.717, 1.165) is 6.54 Å². The highest BCUT2D eigenvalue weighted by molar-refractivity contribution is 5.70. The highest BCUT2D eigenvalue weighted by atomic mass is 16.6. The Bertz CT molecular complexity index is 283. The summed E-state index contributed by atoms with van der Waals surface area (Å²) in [5.41, 5.74) is 0. The minimum Gasteiger partial charge on any atom is -0.466 e. The number of aromatic nitrogens is 2. The average Bonchev–Trinajstić information content (AvgIpc) is 2.61. The Labute approximate surface area is 76.3 Å². The normalized spacial score (nSPS) is 9.69. The molecule has 0 unspecified atom stereocenters. The third kappa shape index (κ3) is 2.77. The zero-order valence-electron chi connectivity index (χ0n) is 7.69. The quantitative estimate of drug-likeness (QED) is 0.638. The van der Waals surface area contributed by atoms with Crippen molar-refractivity contribution in [1.82, 2.24) is 9.78 Å². The second-order valence-corrected chi connectivity index (χ2v) is 2.37. The molecular formula is C8H12N2O3. The van der Waals surface area contributed by atoms with E-state index >= 15 is 0 Å². The molecule has 1 aromatic rings. The third-order valence-electron chi connectivity index (χ3n) is 1.51. The predicted molar refractivity (Wildman–Crippen MR) is 45.4 cm³/mol. The minimum atomic E-state index is -0.411. The van der Waals surface area contributed by atoms with Crippen LogP contribution in [-0.4, -0.2) is 29.5 Å². The Kier molecular flexibility index (Phi) is 3.31. The first-order chi connectivity index (χ1) is 6.26. The second kappa shape index (κ2) is 4.49. The van der Waals surface area contributed by atoms with Crippen molar-refractivity contribution in [2.75, 3.05) is 13.7 Å². The maximum atomic E-state index is 10.7. The van der Waals surface area contributed by atoms with Crippen molar-refractivity contribution < 1.29 is 14.3 Å².